The molecule has 5 heteroatoms. The van der Waals surface area contributed by atoms with Crippen LogP contribution in [0, 0.1) is 19.8 Å². The van der Waals surface area contributed by atoms with Crippen LogP contribution in [-0.4, -0.2) is 23.3 Å². The monoisotopic (exact) mass is 312 g/mol. The molecule has 0 bridgehead atoms. The fraction of sp³-hybridized carbons (Fsp3) is 0.562. The molecule has 4 nitrogen and oxygen atoms in total. The highest BCUT2D eigenvalue weighted by Gasteiger charge is 2.16. The molecule has 21 heavy (non-hydrogen) atoms. The molecule has 0 spiro atoms. The maximum atomic E-state index is 5.90. The van der Waals surface area contributed by atoms with Gasteiger partial charge in [-0.15, -0.1) is 12.4 Å². The third kappa shape index (κ3) is 3.69. The number of halogens is 1. The first kappa shape index (κ1) is 17.8. The number of fused-ring (bicyclic) bond motifs is 1. The third-order valence-corrected chi connectivity index (χ3v) is 3.70. The first-order valence-electron chi connectivity index (χ1n) is 7.12. The van der Waals surface area contributed by atoms with E-state index in [9.17, 15) is 0 Å². The topological polar surface area (TPSA) is 36.3 Å². The fourth-order valence-corrected chi connectivity index (χ4v) is 2.35. The van der Waals surface area contributed by atoms with Crippen molar-refractivity contribution in [1.82, 2.24) is 9.55 Å². The summed E-state index contributed by atoms with van der Waals surface area (Å²) in [6.45, 7) is 9.83. The van der Waals surface area contributed by atoms with Gasteiger partial charge in [-0.05, 0) is 37.8 Å². The van der Waals surface area contributed by atoms with E-state index in [1.54, 1.807) is 7.11 Å². The van der Waals surface area contributed by atoms with Gasteiger partial charge in [0.25, 0.3) is 0 Å². The number of pyridine rings is 1. The molecule has 0 radical (unpaired) electrons. The molecule has 0 saturated heterocycles. The summed E-state index contributed by atoms with van der Waals surface area (Å²) >= 11 is 0. The van der Waals surface area contributed by atoms with Crippen LogP contribution in [0.1, 0.15) is 31.5 Å². The highest BCUT2D eigenvalue weighted by atomic mass is 35.5. The number of aromatic nitrogens is 2. The Labute approximate surface area is 132 Å². The lowest BCUT2D eigenvalue weighted by Crippen LogP contribution is -2.06. The van der Waals surface area contributed by atoms with Gasteiger partial charge in [0.2, 0.25) is 5.88 Å². The first-order chi connectivity index (χ1) is 9.56. The van der Waals surface area contributed by atoms with Gasteiger partial charge in [-0.2, -0.15) is 0 Å². The third-order valence-electron chi connectivity index (χ3n) is 3.70. The molecular weight excluding hydrogens is 288 g/mol. The Morgan fingerprint density at radius 2 is 2.00 bits per heavy atom. The number of hydrogen-bond acceptors (Lipinski definition) is 3. The van der Waals surface area contributed by atoms with E-state index >= 15 is 0 Å². The van der Waals surface area contributed by atoms with Gasteiger partial charge in [0, 0.05) is 24.4 Å². The maximum absolute atomic E-state index is 5.90. The maximum Gasteiger partial charge on any atom is 0.238 e. The molecular formula is C16H25ClN2O2. The number of aryl methyl sites for hydroxylation is 1. The molecule has 2 aromatic heterocycles. The Morgan fingerprint density at radius 3 is 2.62 bits per heavy atom. The van der Waals surface area contributed by atoms with Gasteiger partial charge in [0.1, 0.15) is 12.2 Å². The molecule has 0 aliphatic heterocycles. The molecule has 0 N–H and O–H groups in total. The van der Waals surface area contributed by atoms with Crippen molar-refractivity contribution >= 4 is 23.3 Å². The van der Waals surface area contributed by atoms with Gasteiger partial charge in [0.05, 0.1) is 6.61 Å². The number of nitrogens with zero attached hydrogens (tertiary/aromatic N) is 2. The van der Waals surface area contributed by atoms with Gasteiger partial charge in [0.15, 0.2) is 0 Å². The zero-order chi connectivity index (χ0) is 14.7. The molecule has 0 saturated carbocycles. The lowest BCUT2D eigenvalue weighted by atomic mass is 10.1. The standard InChI is InChI=1S/C16H24N2O2.ClH/c1-11(2)7-9-20-16-15-14(6-8-17-16)12(3)13(4)18(15)10-19-5;/h6,8,11H,7,9-10H2,1-5H3;1H. The van der Waals surface area contributed by atoms with E-state index in [0.29, 0.717) is 25.1 Å². The summed E-state index contributed by atoms with van der Waals surface area (Å²) in [5.41, 5.74) is 3.49. The zero-order valence-electron chi connectivity index (χ0n) is 13.5. The van der Waals surface area contributed by atoms with Crippen molar-refractivity contribution in [2.45, 2.75) is 40.8 Å². The van der Waals surface area contributed by atoms with Crippen LogP contribution >= 0.6 is 12.4 Å². The van der Waals surface area contributed by atoms with Crippen LogP contribution in [0.4, 0.5) is 0 Å². The fourth-order valence-electron chi connectivity index (χ4n) is 2.35. The average molecular weight is 313 g/mol. The van der Waals surface area contributed by atoms with E-state index in [2.05, 4.69) is 37.2 Å². The number of hydrogen-bond donors (Lipinski definition) is 0. The van der Waals surface area contributed by atoms with Crippen LogP contribution in [0.2, 0.25) is 0 Å². The van der Waals surface area contributed by atoms with Gasteiger partial charge in [-0.1, -0.05) is 13.8 Å². The van der Waals surface area contributed by atoms with Crippen LogP contribution in [0.25, 0.3) is 10.9 Å². The van der Waals surface area contributed by atoms with Crippen LogP contribution in [0.5, 0.6) is 5.88 Å². The molecule has 2 rings (SSSR count). The summed E-state index contributed by atoms with van der Waals surface area (Å²) in [5, 5.41) is 1.19. The van der Waals surface area contributed by atoms with E-state index in [1.165, 1.54) is 16.6 Å². The zero-order valence-corrected chi connectivity index (χ0v) is 14.3. The van der Waals surface area contributed by atoms with E-state index in [-0.39, 0.29) is 12.4 Å². The van der Waals surface area contributed by atoms with Crippen molar-refractivity contribution < 1.29 is 9.47 Å². The van der Waals surface area contributed by atoms with E-state index in [4.69, 9.17) is 9.47 Å². The van der Waals surface area contributed by atoms with Crippen molar-refractivity contribution in [3.63, 3.8) is 0 Å². The van der Waals surface area contributed by atoms with Gasteiger partial charge >= 0.3 is 0 Å². The summed E-state index contributed by atoms with van der Waals surface area (Å²) in [6.07, 6.45) is 2.84. The Balaban J connectivity index is 0.00000220. The molecule has 0 aromatic carbocycles. The number of ether oxygens (including phenoxy) is 2. The summed E-state index contributed by atoms with van der Waals surface area (Å²) in [4.78, 5) is 4.40. The van der Waals surface area contributed by atoms with Crippen molar-refractivity contribution in [3.05, 3.63) is 23.5 Å². The molecule has 118 valence electrons. The van der Waals surface area contributed by atoms with Gasteiger partial charge in [-0.25, -0.2) is 4.98 Å². The largest absolute Gasteiger partial charge is 0.476 e. The lowest BCUT2D eigenvalue weighted by Gasteiger charge is -2.11. The summed E-state index contributed by atoms with van der Waals surface area (Å²) in [5.74, 6) is 1.33. The van der Waals surface area contributed by atoms with Gasteiger partial charge < -0.3 is 14.0 Å². The molecule has 0 fully saturated rings. The van der Waals surface area contributed by atoms with E-state index < -0.39 is 0 Å². The SMILES string of the molecule is COCn1c(C)c(C)c2ccnc(OCCC(C)C)c21.Cl. The smallest absolute Gasteiger partial charge is 0.238 e. The molecule has 0 aliphatic rings. The van der Waals surface area contributed by atoms with Crippen LogP contribution in [0.3, 0.4) is 0 Å². The quantitative estimate of drug-likeness (QED) is 0.805. The minimum absolute atomic E-state index is 0. The highest BCUT2D eigenvalue weighted by Crippen LogP contribution is 2.30. The van der Waals surface area contributed by atoms with Crippen molar-refractivity contribution in [2.75, 3.05) is 13.7 Å². The highest BCUT2D eigenvalue weighted by molar-refractivity contribution is 5.88. The molecule has 0 atom stereocenters. The summed E-state index contributed by atoms with van der Waals surface area (Å²) in [7, 11) is 1.70. The molecule has 2 heterocycles. The molecule has 2 aromatic rings. The number of methoxy groups -OCH3 is 1. The van der Waals surface area contributed by atoms with E-state index in [0.717, 1.165) is 11.9 Å². The second-order valence-corrected chi connectivity index (χ2v) is 5.60. The van der Waals surface area contributed by atoms with Crippen molar-refractivity contribution in [1.29, 1.82) is 0 Å². The van der Waals surface area contributed by atoms with Crippen molar-refractivity contribution in [2.24, 2.45) is 5.92 Å². The number of rotatable bonds is 6. The Morgan fingerprint density at radius 1 is 1.29 bits per heavy atom. The minimum atomic E-state index is 0. The van der Waals surface area contributed by atoms with Gasteiger partial charge in [-0.3, -0.25) is 0 Å². The second kappa shape index (κ2) is 7.66. The first-order valence-corrected chi connectivity index (χ1v) is 7.12. The predicted molar refractivity (Wildman–Crippen MR) is 88.4 cm³/mol. The van der Waals surface area contributed by atoms with Crippen LogP contribution in [-0.2, 0) is 11.5 Å². The normalized spacial score (nSPS) is 11.0. The molecule has 0 amide bonds. The summed E-state index contributed by atoms with van der Waals surface area (Å²) < 4.78 is 13.3. The van der Waals surface area contributed by atoms with Crippen LogP contribution in [0.15, 0.2) is 12.3 Å². The lowest BCUT2D eigenvalue weighted by molar-refractivity contribution is 0.132. The minimum Gasteiger partial charge on any atom is -0.476 e. The van der Waals surface area contributed by atoms with Crippen molar-refractivity contribution in [3.8, 4) is 5.88 Å². The average Bonchev–Trinajstić information content (AvgIpc) is 2.65. The second-order valence-electron chi connectivity index (χ2n) is 5.60. The Bertz CT molecular complexity index is 593. The molecule has 0 unspecified atom stereocenters. The predicted octanol–water partition coefficient (Wildman–Crippen LogP) is 4.10. The molecule has 0 aliphatic carbocycles. The van der Waals surface area contributed by atoms with Crippen LogP contribution < -0.4 is 4.74 Å². The summed E-state index contributed by atoms with van der Waals surface area (Å²) in [6, 6.07) is 2.04. The Kier molecular flexibility index (Phi) is 6.49. The Hall–Kier alpha value is -1.26. The van der Waals surface area contributed by atoms with E-state index in [1.807, 2.05) is 12.3 Å².